The smallest absolute Gasteiger partial charge is 0.0890 e. The molecule has 0 spiro atoms. The Morgan fingerprint density at radius 2 is 1.70 bits per heavy atom. The van der Waals surface area contributed by atoms with Crippen LogP contribution in [0.25, 0.3) is 11.0 Å². The molecule has 1 unspecified atom stereocenters. The van der Waals surface area contributed by atoms with Crippen molar-refractivity contribution in [1.29, 1.82) is 0 Å². The number of fused-ring (bicyclic) bond motifs is 1. The number of nitrogens with zero attached hydrogens (tertiary/aromatic N) is 2. The van der Waals surface area contributed by atoms with Crippen LogP contribution in [0, 0.1) is 0 Å². The van der Waals surface area contributed by atoms with Gasteiger partial charge in [-0.3, -0.25) is 4.98 Å². The van der Waals surface area contributed by atoms with Crippen LogP contribution < -0.4 is 5.73 Å². The third kappa shape index (κ3) is 2.64. The van der Waals surface area contributed by atoms with Gasteiger partial charge in [-0.1, -0.05) is 41.9 Å². The molecule has 0 amide bonds. The molecule has 0 aliphatic carbocycles. The molecule has 1 atom stereocenters. The normalized spacial score (nSPS) is 12.5. The summed E-state index contributed by atoms with van der Waals surface area (Å²) in [5, 5.41) is 0.689. The van der Waals surface area contributed by atoms with Crippen molar-refractivity contribution in [2.45, 2.75) is 12.5 Å². The number of aromatic nitrogens is 2. The van der Waals surface area contributed by atoms with E-state index in [9.17, 15) is 0 Å². The lowest BCUT2D eigenvalue weighted by atomic mass is 10.0. The SMILES string of the molecule is NC(Cc1cnc2ccccc2n1)c1ccccc1Cl. The van der Waals surface area contributed by atoms with Gasteiger partial charge in [0.25, 0.3) is 0 Å². The molecule has 1 aromatic heterocycles. The second kappa shape index (κ2) is 5.57. The number of benzene rings is 2. The standard InChI is InChI=1S/C16H14ClN3/c17-13-6-2-1-5-12(13)14(18)9-11-10-19-15-7-3-4-8-16(15)20-11/h1-8,10,14H,9,18H2. The molecule has 0 radical (unpaired) electrons. The zero-order valence-electron chi connectivity index (χ0n) is 10.8. The largest absolute Gasteiger partial charge is 0.324 e. The fourth-order valence-corrected chi connectivity index (χ4v) is 2.48. The van der Waals surface area contributed by atoms with Crippen molar-refractivity contribution < 1.29 is 0 Å². The minimum atomic E-state index is -0.181. The minimum absolute atomic E-state index is 0.181. The van der Waals surface area contributed by atoms with Crippen molar-refractivity contribution in [2.75, 3.05) is 0 Å². The zero-order valence-corrected chi connectivity index (χ0v) is 11.6. The van der Waals surface area contributed by atoms with E-state index in [1.807, 2.05) is 48.5 Å². The maximum Gasteiger partial charge on any atom is 0.0890 e. The van der Waals surface area contributed by atoms with Gasteiger partial charge in [0, 0.05) is 23.7 Å². The predicted octanol–water partition coefficient (Wildman–Crippen LogP) is 3.53. The average molecular weight is 284 g/mol. The van der Waals surface area contributed by atoms with Gasteiger partial charge in [-0.2, -0.15) is 0 Å². The summed E-state index contributed by atoms with van der Waals surface area (Å²) in [5.74, 6) is 0. The number of nitrogens with two attached hydrogens (primary N) is 1. The van der Waals surface area contributed by atoms with E-state index in [-0.39, 0.29) is 6.04 Å². The highest BCUT2D eigenvalue weighted by Gasteiger charge is 2.11. The van der Waals surface area contributed by atoms with Crippen LogP contribution in [0.3, 0.4) is 0 Å². The lowest BCUT2D eigenvalue weighted by Crippen LogP contribution is -2.14. The molecule has 4 heteroatoms. The second-order valence-corrected chi connectivity index (χ2v) is 5.09. The summed E-state index contributed by atoms with van der Waals surface area (Å²) < 4.78 is 0. The van der Waals surface area contributed by atoms with Gasteiger partial charge in [0.1, 0.15) is 0 Å². The van der Waals surface area contributed by atoms with Gasteiger partial charge < -0.3 is 5.73 Å². The molecular formula is C16H14ClN3. The number of hydrogen-bond acceptors (Lipinski definition) is 3. The number of para-hydroxylation sites is 2. The van der Waals surface area contributed by atoms with Crippen LogP contribution in [0.2, 0.25) is 5.02 Å². The molecule has 0 saturated carbocycles. The summed E-state index contributed by atoms with van der Waals surface area (Å²) in [6.07, 6.45) is 2.39. The number of rotatable bonds is 3. The van der Waals surface area contributed by atoms with Crippen LogP contribution in [0.15, 0.2) is 54.7 Å². The van der Waals surface area contributed by atoms with Crippen LogP contribution in [0.4, 0.5) is 0 Å². The Morgan fingerprint density at radius 3 is 2.50 bits per heavy atom. The Hall–Kier alpha value is -1.97. The topological polar surface area (TPSA) is 51.8 Å². The molecule has 3 nitrogen and oxygen atoms in total. The quantitative estimate of drug-likeness (QED) is 0.800. The molecule has 100 valence electrons. The van der Waals surface area contributed by atoms with Crippen molar-refractivity contribution in [1.82, 2.24) is 9.97 Å². The van der Waals surface area contributed by atoms with E-state index in [2.05, 4.69) is 9.97 Å². The van der Waals surface area contributed by atoms with Crippen LogP contribution in [0.1, 0.15) is 17.3 Å². The third-order valence-corrected chi connectivity index (χ3v) is 3.58. The van der Waals surface area contributed by atoms with Crippen molar-refractivity contribution in [3.05, 3.63) is 71.0 Å². The van der Waals surface area contributed by atoms with Gasteiger partial charge in [-0.25, -0.2) is 4.98 Å². The molecule has 2 N–H and O–H groups in total. The van der Waals surface area contributed by atoms with Gasteiger partial charge in [0.05, 0.1) is 16.7 Å². The zero-order chi connectivity index (χ0) is 13.9. The summed E-state index contributed by atoms with van der Waals surface area (Å²) in [5.41, 5.74) is 9.80. The van der Waals surface area contributed by atoms with Crippen LogP contribution >= 0.6 is 11.6 Å². The van der Waals surface area contributed by atoms with Crippen LogP contribution in [0.5, 0.6) is 0 Å². The highest BCUT2D eigenvalue weighted by atomic mass is 35.5. The number of hydrogen-bond donors (Lipinski definition) is 1. The summed E-state index contributed by atoms with van der Waals surface area (Å²) in [6.45, 7) is 0. The van der Waals surface area contributed by atoms with Crippen molar-refractivity contribution in [2.24, 2.45) is 5.73 Å². The molecule has 1 heterocycles. The van der Waals surface area contributed by atoms with Crippen molar-refractivity contribution in [3.8, 4) is 0 Å². The first-order chi connectivity index (χ1) is 9.74. The number of halogens is 1. The summed E-state index contributed by atoms with van der Waals surface area (Å²) >= 11 is 6.16. The third-order valence-electron chi connectivity index (χ3n) is 3.23. The molecule has 0 bridgehead atoms. The van der Waals surface area contributed by atoms with E-state index in [1.165, 1.54) is 0 Å². The fourth-order valence-electron chi connectivity index (χ4n) is 2.20. The van der Waals surface area contributed by atoms with E-state index in [0.29, 0.717) is 11.4 Å². The Balaban J connectivity index is 1.87. The highest BCUT2D eigenvalue weighted by Crippen LogP contribution is 2.23. The molecule has 2 aromatic carbocycles. The highest BCUT2D eigenvalue weighted by molar-refractivity contribution is 6.31. The van der Waals surface area contributed by atoms with Crippen LogP contribution in [-0.2, 0) is 6.42 Å². The Kier molecular flexibility index (Phi) is 3.63. The molecule has 0 saturated heterocycles. The molecule has 0 fully saturated rings. The fraction of sp³-hybridized carbons (Fsp3) is 0.125. The lowest BCUT2D eigenvalue weighted by molar-refractivity contribution is 0.706. The van der Waals surface area contributed by atoms with E-state index < -0.39 is 0 Å². The maximum absolute atomic E-state index is 6.22. The summed E-state index contributed by atoms with van der Waals surface area (Å²) in [6, 6.07) is 15.2. The van der Waals surface area contributed by atoms with E-state index in [4.69, 9.17) is 17.3 Å². The molecular weight excluding hydrogens is 270 g/mol. The Bertz CT molecular complexity index is 742. The summed E-state index contributed by atoms with van der Waals surface area (Å²) in [4.78, 5) is 8.98. The van der Waals surface area contributed by atoms with Crippen LogP contribution in [-0.4, -0.2) is 9.97 Å². The molecule has 0 aliphatic heterocycles. The first kappa shape index (κ1) is 13.0. The summed E-state index contributed by atoms with van der Waals surface area (Å²) in [7, 11) is 0. The molecule has 3 rings (SSSR count). The average Bonchev–Trinajstić information content (AvgIpc) is 2.47. The Morgan fingerprint density at radius 1 is 1.00 bits per heavy atom. The van der Waals surface area contributed by atoms with Crippen molar-refractivity contribution in [3.63, 3.8) is 0 Å². The molecule has 3 aromatic rings. The van der Waals surface area contributed by atoms with Gasteiger partial charge >= 0.3 is 0 Å². The van der Waals surface area contributed by atoms with Gasteiger partial charge in [-0.05, 0) is 23.8 Å². The van der Waals surface area contributed by atoms with Gasteiger partial charge in [0.15, 0.2) is 0 Å². The van der Waals surface area contributed by atoms with Gasteiger partial charge in [0.2, 0.25) is 0 Å². The van der Waals surface area contributed by atoms with Gasteiger partial charge in [-0.15, -0.1) is 0 Å². The van der Waals surface area contributed by atoms with E-state index >= 15 is 0 Å². The first-order valence-electron chi connectivity index (χ1n) is 6.45. The first-order valence-corrected chi connectivity index (χ1v) is 6.82. The molecule has 0 aliphatic rings. The monoisotopic (exact) mass is 283 g/mol. The maximum atomic E-state index is 6.22. The molecule has 20 heavy (non-hydrogen) atoms. The van der Waals surface area contributed by atoms with E-state index in [0.717, 1.165) is 22.3 Å². The predicted molar refractivity (Wildman–Crippen MR) is 81.6 cm³/mol. The lowest BCUT2D eigenvalue weighted by Gasteiger charge is -2.13. The second-order valence-electron chi connectivity index (χ2n) is 4.68. The van der Waals surface area contributed by atoms with E-state index in [1.54, 1.807) is 6.20 Å². The minimum Gasteiger partial charge on any atom is -0.324 e. The van der Waals surface area contributed by atoms with Crippen molar-refractivity contribution >= 4 is 22.6 Å². The Labute approximate surface area is 122 Å².